The first-order valence-electron chi connectivity index (χ1n) is 6.07. The van der Waals surface area contributed by atoms with Crippen LogP contribution in [0.25, 0.3) is 0 Å². The second kappa shape index (κ2) is 4.49. The van der Waals surface area contributed by atoms with Gasteiger partial charge < -0.3 is 10.4 Å². The molecule has 2 rings (SSSR count). The predicted octanol–water partition coefficient (Wildman–Crippen LogP) is 2.51. The van der Waals surface area contributed by atoms with Gasteiger partial charge >= 0.3 is 5.97 Å². The van der Waals surface area contributed by atoms with Crippen LogP contribution in [0.5, 0.6) is 0 Å². The first-order valence-corrected chi connectivity index (χ1v) is 6.07. The highest BCUT2D eigenvalue weighted by Gasteiger charge is 2.50. The largest absolute Gasteiger partial charge is 0.481 e. The van der Waals surface area contributed by atoms with Crippen LogP contribution in [0.4, 0.5) is 0 Å². The van der Waals surface area contributed by atoms with E-state index in [-0.39, 0.29) is 6.04 Å². The van der Waals surface area contributed by atoms with E-state index in [4.69, 9.17) is 0 Å². The van der Waals surface area contributed by atoms with Crippen molar-refractivity contribution >= 4 is 5.97 Å². The van der Waals surface area contributed by atoms with Gasteiger partial charge in [0.25, 0.3) is 0 Å². The van der Waals surface area contributed by atoms with Crippen LogP contribution >= 0.6 is 0 Å². The minimum absolute atomic E-state index is 0.0886. The van der Waals surface area contributed by atoms with Gasteiger partial charge in [0.15, 0.2) is 0 Å². The van der Waals surface area contributed by atoms with Gasteiger partial charge in [-0.1, -0.05) is 36.2 Å². The van der Waals surface area contributed by atoms with Crippen LogP contribution in [0.2, 0.25) is 0 Å². The number of rotatable bonds is 4. The van der Waals surface area contributed by atoms with Gasteiger partial charge in [-0.3, -0.25) is 4.79 Å². The first kappa shape index (κ1) is 12.1. The molecule has 1 aromatic carbocycles. The fourth-order valence-electron chi connectivity index (χ4n) is 2.70. The van der Waals surface area contributed by atoms with Crippen molar-refractivity contribution in [3.63, 3.8) is 0 Å². The molecule has 2 N–H and O–H groups in total. The Morgan fingerprint density at radius 1 is 1.35 bits per heavy atom. The lowest BCUT2D eigenvalue weighted by Gasteiger charge is -2.44. The lowest BCUT2D eigenvalue weighted by molar-refractivity contribution is -0.157. The molecule has 0 radical (unpaired) electrons. The van der Waals surface area contributed by atoms with Crippen LogP contribution in [-0.2, 0) is 4.79 Å². The minimum Gasteiger partial charge on any atom is -0.481 e. The molecule has 1 unspecified atom stereocenters. The Hall–Kier alpha value is -1.35. The normalized spacial score (nSPS) is 19.4. The summed E-state index contributed by atoms with van der Waals surface area (Å²) in [7, 11) is 1.84. The van der Waals surface area contributed by atoms with Gasteiger partial charge in [-0.15, -0.1) is 0 Å². The van der Waals surface area contributed by atoms with Crippen molar-refractivity contribution < 1.29 is 9.90 Å². The fourth-order valence-corrected chi connectivity index (χ4v) is 2.70. The molecule has 1 saturated carbocycles. The maximum absolute atomic E-state index is 11.5. The number of carbonyl (C=O) groups is 1. The zero-order valence-corrected chi connectivity index (χ0v) is 10.4. The highest BCUT2D eigenvalue weighted by Crippen LogP contribution is 2.50. The first-order chi connectivity index (χ1) is 8.10. The Bertz CT molecular complexity index is 407. The van der Waals surface area contributed by atoms with E-state index < -0.39 is 11.4 Å². The Labute approximate surface area is 102 Å². The number of carboxylic acids is 1. The van der Waals surface area contributed by atoms with Crippen LogP contribution in [0.1, 0.15) is 36.4 Å². The standard InChI is InChI=1S/C14H19NO2/c1-10-4-6-11(7-5-10)12(15-2)14(13(16)17)8-3-9-14/h4-7,12,15H,3,8-9H2,1-2H3,(H,16,17). The Morgan fingerprint density at radius 3 is 2.29 bits per heavy atom. The molecule has 17 heavy (non-hydrogen) atoms. The van der Waals surface area contributed by atoms with Gasteiger partial charge in [-0.2, -0.15) is 0 Å². The molecule has 0 aromatic heterocycles. The molecule has 1 aromatic rings. The maximum atomic E-state index is 11.5. The third-order valence-corrected chi connectivity index (χ3v) is 3.92. The molecule has 1 aliphatic rings. The third-order valence-electron chi connectivity index (χ3n) is 3.92. The average Bonchev–Trinajstić information content (AvgIpc) is 2.24. The fraction of sp³-hybridized carbons (Fsp3) is 0.500. The number of nitrogens with one attached hydrogen (secondary N) is 1. The number of benzene rings is 1. The zero-order valence-electron chi connectivity index (χ0n) is 10.4. The van der Waals surface area contributed by atoms with E-state index >= 15 is 0 Å². The molecule has 0 saturated heterocycles. The number of carboxylic acid groups (broad SMARTS) is 1. The summed E-state index contributed by atoms with van der Waals surface area (Å²) in [5.74, 6) is -0.677. The molecule has 3 heteroatoms. The van der Waals surface area contributed by atoms with Crippen LogP contribution in [0.3, 0.4) is 0 Å². The molecule has 1 atom stereocenters. The molecule has 92 valence electrons. The molecule has 0 amide bonds. The van der Waals surface area contributed by atoms with Crippen molar-refractivity contribution in [2.24, 2.45) is 5.41 Å². The SMILES string of the molecule is CNC(c1ccc(C)cc1)C1(C(=O)O)CCC1. The number of aryl methyl sites for hydroxylation is 1. The van der Waals surface area contributed by atoms with Crippen LogP contribution in [-0.4, -0.2) is 18.1 Å². The monoisotopic (exact) mass is 233 g/mol. The van der Waals surface area contributed by atoms with E-state index in [0.29, 0.717) is 0 Å². The smallest absolute Gasteiger partial charge is 0.311 e. The molecule has 0 aliphatic heterocycles. The summed E-state index contributed by atoms with van der Waals surface area (Å²) < 4.78 is 0. The molecule has 0 spiro atoms. The van der Waals surface area contributed by atoms with E-state index in [1.165, 1.54) is 5.56 Å². The third kappa shape index (κ3) is 1.95. The highest BCUT2D eigenvalue weighted by molar-refractivity contribution is 5.77. The van der Waals surface area contributed by atoms with Gasteiger partial charge in [-0.05, 0) is 32.4 Å². The van der Waals surface area contributed by atoms with Gasteiger partial charge in [0.05, 0.1) is 5.41 Å². The van der Waals surface area contributed by atoms with Gasteiger partial charge in [-0.25, -0.2) is 0 Å². The van der Waals surface area contributed by atoms with E-state index in [2.05, 4.69) is 5.32 Å². The Kier molecular flexibility index (Phi) is 3.20. The van der Waals surface area contributed by atoms with Gasteiger partial charge in [0, 0.05) is 6.04 Å². The van der Waals surface area contributed by atoms with Crippen LogP contribution < -0.4 is 5.32 Å². The van der Waals surface area contributed by atoms with Crippen molar-refractivity contribution in [1.29, 1.82) is 0 Å². The highest BCUT2D eigenvalue weighted by atomic mass is 16.4. The summed E-state index contributed by atoms with van der Waals surface area (Å²) in [4.78, 5) is 11.5. The Balaban J connectivity index is 2.32. The molecule has 1 aliphatic carbocycles. The molecular weight excluding hydrogens is 214 g/mol. The molecular formula is C14H19NO2. The van der Waals surface area contributed by atoms with Crippen molar-refractivity contribution in [3.05, 3.63) is 35.4 Å². The van der Waals surface area contributed by atoms with Crippen molar-refractivity contribution in [3.8, 4) is 0 Å². The second-order valence-corrected chi connectivity index (χ2v) is 4.95. The number of hydrogen-bond donors (Lipinski definition) is 2. The van der Waals surface area contributed by atoms with E-state index in [1.807, 2.05) is 38.2 Å². The van der Waals surface area contributed by atoms with E-state index in [0.717, 1.165) is 24.8 Å². The minimum atomic E-state index is -0.677. The van der Waals surface area contributed by atoms with Crippen molar-refractivity contribution in [1.82, 2.24) is 5.32 Å². The molecule has 3 nitrogen and oxygen atoms in total. The summed E-state index contributed by atoms with van der Waals surface area (Å²) in [6, 6.07) is 8.04. The zero-order chi connectivity index (χ0) is 12.5. The van der Waals surface area contributed by atoms with Crippen molar-refractivity contribution in [2.45, 2.75) is 32.2 Å². The number of aliphatic carboxylic acids is 1. The van der Waals surface area contributed by atoms with Gasteiger partial charge in [0.2, 0.25) is 0 Å². The lowest BCUT2D eigenvalue weighted by Crippen LogP contribution is -2.47. The number of hydrogen-bond acceptors (Lipinski definition) is 2. The quantitative estimate of drug-likeness (QED) is 0.840. The summed E-state index contributed by atoms with van der Waals surface area (Å²) in [6.07, 6.45) is 2.54. The molecule has 0 heterocycles. The molecule has 0 bridgehead atoms. The average molecular weight is 233 g/mol. The summed E-state index contributed by atoms with van der Waals surface area (Å²) in [5.41, 5.74) is 1.66. The van der Waals surface area contributed by atoms with Gasteiger partial charge in [0.1, 0.15) is 0 Å². The van der Waals surface area contributed by atoms with Crippen molar-refractivity contribution in [2.75, 3.05) is 7.05 Å². The maximum Gasteiger partial charge on any atom is 0.311 e. The molecule has 1 fully saturated rings. The summed E-state index contributed by atoms with van der Waals surface area (Å²) in [6.45, 7) is 2.04. The summed E-state index contributed by atoms with van der Waals surface area (Å²) >= 11 is 0. The van der Waals surface area contributed by atoms with E-state index in [1.54, 1.807) is 0 Å². The van der Waals surface area contributed by atoms with E-state index in [9.17, 15) is 9.90 Å². The Morgan fingerprint density at radius 2 is 1.94 bits per heavy atom. The predicted molar refractivity (Wildman–Crippen MR) is 66.9 cm³/mol. The van der Waals surface area contributed by atoms with Crippen LogP contribution in [0.15, 0.2) is 24.3 Å². The van der Waals surface area contributed by atoms with Crippen LogP contribution in [0, 0.1) is 12.3 Å². The lowest BCUT2D eigenvalue weighted by atomic mass is 9.62. The second-order valence-electron chi connectivity index (χ2n) is 4.95. The summed E-state index contributed by atoms with van der Waals surface area (Å²) in [5, 5.41) is 12.6. The topological polar surface area (TPSA) is 49.3 Å².